The zero-order chi connectivity index (χ0) is 20.4. The number of aliphatic hydroxyl groups excluding tert-OH is 1. The summed E-state index contributed by atoms with van der Waals surface area (Å²) >= 11 is 0. The molecule has 0 fully saturated rings. The average Bonchev–Trinajstić information content (AvgIpc) is 3.20. The number of hydrogen-bond donors (Lipinski definition) is 1. The van der Waals surface area contributed by atoms with Crippen molar-refractivity contribution in [3.05, 3.63) is 72.5 Å². The van der Waals surface area contributed by atoms with Crippen molar-refractivity contribution < 1.29 is 5.11 Å². The van der Waals surface area contributed by atoms with Crippen LogP contribution in [0.5, 0.6) is 0 Å². The molecule has 4 rings (SSSR count). The van der Waals surface area contributed by atoms with Crippen molar-refractivity contribution in [3.63, 3.8) is 0 Å². The van der Waals surface area contributed by atoms with Gasteiger partial charge in [0.2, 0.25) is 0 Å². The van der Waals surface area contributed by atoms with Crippen molar-refractivity contribution >= 4 is 16.7 Å². The van der Waals surface area contributed by atoms with Crippen molar-refractivity contribution in [2.24, 2.45) is 5.41 Å². The number of aromatic nitrogens is 4. The molecular formula is C23H21N5O. The minimum Gasteiger partial charge on any atom is -0.396 e. The minimum absolute atomic E-state index is 0.0821. The van der Waals surface area contributed by atoms with Crippen LogP contribution in [0.1, 0.15) is 13.8 Å². The van der Waals surface area contributed by atoms with E-state index in [-0.39, 0.29) is 12.0 Å². The van der Waals surface area contributed by atoms with Crippen LogP contribution in [0.25, 0.3) is 38.1 Å². The lowest BCUT2D eigenvalue weighted by Crippen LogP contribution is -2.23. The summed E-state index contributed by atoms with van der Waals surface area (Å²) in [5, 5.41) is 15.0. The number of hydrogen-bond acceptors (Lipinski definition) is 4. The Morgan fingerprint density at radius 3 is 2.79 bits per heavy atom. The molecular weight excluding hydrogens is 362 g/mol. The van der Waals surface area contributed by atoms with E-state index in [9.17, 15) is 5.11 Å². The van der Waals surface area contributed by atoms with E-state index in [1.54, 1.807) is 18.5 Å². The van der Waals surface area contributed by atoms with Gasteiger partial charge in [0.1, 0.15) is 0 Å². The Labute approximate surface area is 169 Å². The molecule has 6 heteroatoms. The topological polar surface area (TPSA) is 68.2 Å². The van der Waals surface area contributed by atoms with Gasteiger partial charge in [-0.1, -0.05) is 38.6 Å². The second-order valence-corrected chi connectivity index (χ2v) is 7.84. The molecule has 0 radical (unpaired) electrons. The average molecular weight is 383 g/mol. The molecule has 0 aliphatic rings. The van der Waals surface area contributed by atoms with Gasteiger partial charge in [0.15, 0.2) is 5.69 Å². The van der Waals surface area contributed by atoms with Crippen LogP contribution in [0.15, 0.2) is 61.1 Å². The zero-order valence-corrected chi connectivity index (χ0v) is 16.4. The van der Waals surface area contributed by atoms with Crippen LogP contribution in [0.2, 0.25) is 0 Å². The van der Waals surface area contributed by atoms with Crippen LogP contribution in [0.4, 0.5) is 5.82 Å². The van der Waals surface area contributed by atoms with Crippen LogP contribution >= 0.6 is 0 Å². The predicted molar refractivity (Wildman–Crippen MR) is 113 cm³/mol. The number of rotatable bonds is 5. The summed E-state index contributed by atoms with van der Waals surface area (Å²) in [5.41, 5.74) is 4.07. The van der Waals surface area contributed by atoms with Crippen molar-refractivity contribution in [2.45, 2.75) is 20.4 Å². The van der Waals surface area contributed by atoms with Crippen LogP contribution in [0.3, 0.4) is 0 Å². The normalized spacial score (nSPS) is 11.5. The Morgan fingerprint density at radius 2 is 2.00 bits per heavy atom. The summed E-state index contributed by atoms with van der Waals surface area (Å²) in [6.45, 7) is 12.0. The minimum atomic E-state index is -0.262. The Hall–Kier alpha value is -3.56. The molecule has 144 valence electrons. The Bertz CT molecular complexity index is 1220. The van der Waals surface area contributed by atoms with E-state index in [0.717, 1.165) is 33.3 Å². The van der Waals surface area contributed by atoms with Gasteiger partial charge in [-0.3, -0.25) is 9.67 Å². The zero-order valence-electron chi connectivity index (χ0n) is 16.4. The third-order valence-electron chi connectivity index (χ3n) is 4.84. The lowest BCUT2D eigenvalue weighted by Gasteiger charge is -2.20. The summed E-state index contributed by atoms with van der Waals surface area (Å²) < 4.78 is 1.83. The van der Waals surface area contributed by atoms with Gasteiger partial charge in [0.25, 0.3) is 5.82 Å². The maximum Gasteiger partial charge on any atom is 0.270 e. The van der Waals surface area contributed by atoms with Crippen molar-refractivity contribution in [2.75, 3.05) is 6.61 Å². The van der Waals surface area contributed by atoms with Gasteiger partial charge in [-0.05, 0) is 24.3 Å². The van der Waals surface area contributed by atoms with Crippen molar-refractivity contribution in [3.8, 4) is 22.4 Å². The standard InChI is InChI=1S/C23H21N5O/c1-23(2,15-29)14-28-13-18(12-26-28)19-8-9-21(24-3)27-22(19)17-7-6-16-5-4-10-25-20(16)11-17/h4-13,29H,14-15H2,1-2H3. The molecule has 0 atom stereocenters. The third kappa shape index (κ3) is 3.86. The molecule has 0 unspecified atom stereocenters. The SMILES string of the molecule is [C-]#[N+]c1ccc(-c2cnn(CC(C)(C)CO)c2)c(-c2ccc3cccnc3c2)n1. The van der Waals surface area contributed by atoms with Gasteiger partial charge in [-0.15, -0.1) is 4.98 Å². The van der Waals surface area contributed by atoms with E-state index in [4.69, 9.17) is 6.57 Å². The van der Waals surface area contributed by atoms with E-state index in [2.05, 4.69) is 19.9 Å². The molecule has 4 aromatic rings. The fourth-order valence-corrected chi connectivity index (χ4v) is 3.26. The van der Waals surface area contributed by atoms with Gasteiger partial charge in [0, 0.05) is 53.0 Å². The van der Waals surface area contributed by atoms with Gasteiger partial charge < -0.3 is 9.95 Å². The predicted octanol–water partition coefficient (Wildman–Crippen LogP) is 4.73. The molecule has 29 heavy (non-hydrogen) atoms. The number of benzene rings is 1. The van der Waals surface area contributed by atoms with Gasteiger partial charge >= 0.3 is 0 Å². The highest BCUT2D eigenvalue weighted by molar-refractivity contribution is 5.88. The Balaban J connectivity index is 1.81. The summed E-state index contributed by atoms with van der Waals surface area (Å²) in [5.74, 6) is 0.346. The number of aliphatic hydroxyl groups is 1. The number of fused-ring (bicyclic) bond motifs is 1. The molecule has 0 bridgehead atoms. The van der Waals surface area contributed by atoms with E-state index < -0.39 is 0 Å². The molecule has 0 aliphatic heterocycles. The smallest absolute Gasteiger partial charge is 0.270 e. The van der Waals surface area contributed by atoms with Gasteiger partial charge in [-0.25, -0.2) is 0 Å². The number of pyridine rings is 2. The monoisotopic (exact) mass is 383 g/mol. The molecule has 0 spiro atoms. The third-order valence-corrected chi connectivity index (χ3v) is 4.84. The first kappa shape index (κ1) is 18.8. The van der Waals surface area contributed by atoms with Crippen LogP contribution < -0.4 is 0 Å². The highest BCUT2D eigenvalue weighted by Crippen LogP contribution is 2.34. The largest absolute Gasteiger partial charge is 0.396 e. The maximum atomic E-state index is 9.53. The molecule has 0 aliphatic carbocycles. The molecule has 1 aromatic carbocycles. The quantitative estimate of drug-likeness (QED) is 0.506. The molecule has 3 heterocycles. The van der Waals surface area contributed by atoms with Gasteiger partial charge in [0.05, 0.1) is 11.7 Å². The molecule has 1 N–H and O–H groups in total. The van der Waals surface area contributed by atoms with Crippen LogP contribution in [-0.2, 0) is 6.54 Å². The lowest BCUT2D eigenvalue weighted by atomic mass is 9.95. The Kier molecular flexibility index (Phi) is 4.83. The van der Waals surface area contributed by atoms with Crippen molar-refractivity contribution in [1.82, 2.24) is 19.7 Å². The fourth-order valence-electron chi connectivity index (χ4n) is 3.26. The summed E-state index contributed by atoms with van der Waals surface area (Å²) in [6, 6.07) is 13.6. The maximum absolute atomic E-state index is 9.53. The fraction of sp³-hybridized carbons (Fsp3) is 0.217. The van der Waals surface area contributed by atoms with E-state index in [0.29, 0.717) is 12.4 Å². The first-order valence-electron chi connectivity index (χ1n) is 9.36. The Morgan fingerprint density at radius 1 is 1.14 bits per heavy atom. The van der Waals surface area contributed by atoms with Gasteiger partial charge in [-0.2, -0.15) is 5.10 Å². The van der Waals surface area contributed by atoms with Crippen LogP contribution in [0, 0.1) is 12.0 Å². The highest BCUT2D eigenvalue weighted by atomic mass is 16.3. The first-order valence-corrected chi connectivity index (χ1v) is 9.36. The summed E-state index contributed by atoms with van der Waals surface area (Å²) in [4.78, 5) is 12.5. The molecule has 6 nitrogen and oxygen atoms in total. The first-order chi connectivity index (χ1) is 14.0. The van der Waals surface area contributed by atoms with Crippen molar-refractivity contribution in [1.29, 1.82) is 0 Å². The van der Waals surface area contributed by atoms with E-state index >= 15 is 0 Å². The molecule has 0 saturated heterocycles. The van der Waals surface area contributed by atoms with Crippen LogP contribution in [-0.4, -0.2) is 31.5 Å². The second-order valence-electron chi connectivity index (χ2n) is 7.84. The van der Waals surface area contributed by atoms with E-state index in [1.165, 1.54) is 0 Å². The highest BCUT2D eigenvalue weighted by Gasteiger charge is 2.20. The summed E-state index contributed by atoms with van der Waals surface area (Å²) in [7, 11) is 0. The summed E-state index contributed by atoms with van der Waals surface area (Å²) in [6.07, 6.45) is 5.52. The molecule has 3 aromatic heterocycles. The molecule has 0 saturated carbocycles. The second kappa shape index (κ2) is 7.46. The lowest BCUT2D eigenvalue weighted by molar-refractivity contribution is 0.136. The van der Waals surface area contributed by atoms with E-state index in [1.807, 2.05) is 61.1 Å². The number of nitrogens with zero attached hydrogens (tertiary/aromatic N) is 5. The molecule has 0 amide bonds.